The van der Waals surface area contributed by atoms with E-state index in [2.05, 4.69) is 9.97 Å². The van der Waals surface area contributed by atoms with Crippen LogP contribution in [0.3, 0.4) is 0 Å². The van der Waals surface area contributed by atoms with E-state index in [1.165, 1.54) is 19.2 Å². The van der Waals surface area contributed by atoms with Crippen molar-refractivity contribution >= 4 is 22.6 Å². The Kier molecular flexibility index (Phi) is 4.54. The number of aromatic amines is 1. The molecule has 1 N–H and O–H groups in total. The number of hydrogen-bond acceptors (Lipinski definition) is 4. The van der Waals surface area contributed by atoms with Crippen LogP contribution in [0.25, 0.3) is 16.7 Å². The molecule has 0 radical (unpaired) electrons. The summed E-state index contributed by atoms with van der Waals surface area (Å²) in [6, 6.07) is 2.16. The number of alkyl halides is 3. The molecule has 0 saturated carbocycles. The summed E-state index contributed by atoms with van der Waals surface area (Å²) in [5, 5.41) is -0.974. The number of nitrogens with one attached hydrogen (secondary N) is 1. The minimum absolute atomic E-state index is 0.205. The highest BCUT2D eigenvalue weighted by Crippen LogP contribution is 2.37. The van der Waals surface area contributed by atoms with Crippen LogP contribution >= 0.6 is 11.6 Å². The largest absolute Gasteiger partial charge is 0.397 e. The molecule has 0 saturated heterocycles. The first-order valence-electron chi connectivity index (χ1n) is 7.56. The van der Waals surface area contributed by atoms with E-state index in [9.17, 15) is 27.2 Å². The average Bonchev–Trinajstić information content (AvgIpc) is 2.56. The second-order valence-electron chi connectivity index (χ2n) is 5.85. The van der Waals surface area contributed by atoms with Crippen molar-refractivity contribution in [1.29, 1.82) is 0 Å². The van der Waals surface area contributed by atoms with Gasteiger partial charge in [-0.15, -0.1) is 0 Å². The molecular weight excluding hydrogens is 392 g/mol. The third-order valence-electron chi connectivity index (χ3n) is 4.07. The van der Waals surface area contributed by atoms with E-state index in [1.54, 1.807) is 0 Å². The Balaban J connectivity index is 2.50. The monoisotopic (exact) mass is 402 g/mol. The highest BCUT2D eigenvalue weighted by Gasteiger charge is 2.40. The van der Waals surface area contributed by atoms with Crippen molar-refractivity contribution in [3.05, 3.63) is 61.4 Å². The average molecular weight is 403 g/mol. The number of nitrogens with zero attached hydrogens (tertiary/aromatic N) is 3. The van der Waals surface area contributed by atoms with Gasteiger partial charge in [0.1, 0.15) is 0 Å². The maximum Gasteiger partial charge on any atom is 0.397 e. The van der Waals surface area contributed by atoms with Gasteiger partial charge in [-0.3, -0.25) is 14.8 Å². The fraction of sp³-hybridized carbons (Fsp3) is 0.250. The van der Waals surface area contributed by atoms with Gasteiger partial charge in [0.05, 0.1) is 22.7 Å². The summed E-state index contributed by atoms with van der Waals surface area (Å²) < 4.78 is 54.3. The molecule has 3 heterocycles. The standard InChI is InChI=1S/C16H11ClF4N4O2/c1-6-3-4-22-10(7(2)16(19,20)21)11(6)25-13-8(14(26)24-15(25)27)5-9(18)12(17)23-13/h3-5,7H,1-2H3,(H,24,26,27)/t7-/m0/s1. The van der Waals surface area contributed by atoms with Crippen LogP contribution in [0.1, 0.15) is 24.1 Å². The molecule has 0 aliphatic heterocycles. The number of halogens is 5. The van der Waals surface area contributed by atoms with Crippen LogP contribution in [0, 0.1) is 12.7 Å². The van der Waals surface area contributed by atoms with Crippen molar-refractivity contribution in [2.75, 3.05) is 0 Å². The Labute approximate surface area is 153 Å². The smallest absolute Gasteiger partial charge is 0.273 e. The molecule has 27 heavy (non-hydrogen) atoms. The van der Waals surface area contributed by atoms with Crippen molar-refractivity contribution in [2.24, 2.45) is 0 Å². The summed E-state index contributed by atoms with van der Waals surface area (Å²) in [6.07, 6.45) is -3.45. The molecule has 0 spiro atoms. The number of rotatable bonds is 2. The molecule has 3 aromatic heterocycles. The van der Waals surface area contributed by atoms with Crippen LogP contribution in [-0.2, 0) is 0 Å². The molecule has 0 fully saturated rings. The predicted molar refractivity (Wildman–Crippen MR) is 89.9 cm³/mol. The minimum Gasteiger partial charge on any atom is -0.273 e. The summed E-state index contributed by atoms with van der Waals surface area (Å²) in [7, 11) is 0. The number of H-pyrrole nitrogens is 1. The van der Waals surface area contributed by atoms with Gasteiger partial charge in [0.15, 0.2) is 16.6 Å². The van der Waals surface area contributed by atoms with Gasteiger partial charge in [-0.25, -0.2) is 18.7 Å². The third kappa shape index (κ3) is 3.20. The first kappa shape index (κ1) is 19.0. The second kappa shape index (κ2) is 6.45. The normalized spacial score (nSPS) is 13.1. The summed E-state index contributed by atoms with van der Waals surface area (Å²) in [5.41, 5.74) is -2.74. The summed E-state index contributed by atoms with van der Waals surface area (Å²) in [6.45, 7) is 2.36. The fourth-order valence-electron chi connectivity index (χ4n) is 2.65. The van der Waals surface area contributed by atoms with E-state index < -0.39 is 40.0 Å². The molecule has 0 aliphatic rings. The summed E-state index contributed by atoms with van der Waals surface area (Å²) >= 11 is 5.66. The Bertz CT molecular complexity index is 1170. The van der Waals surface area contributed by atoms with Gasteiger partial charge in [-0.2, -0.15) is 13.2 Å². The van der Waals surface area contributed by atoms with E-state index in [0.717, 1.165) is 17.6 Å². The molecule has 1 atom stereocenters. The van der Waals surface area contributed by atoms with Crippen molar-refractivity contribution in [3.8, 4) is 5.69 Å². The van der Waals surface area contributed by atoms with Crippen LogP contribution in [0.2, 0.25) is 5.15 Å². The highest BCUT2D eigenvalue weighted by atomic mass is 35.5. The summed E-state index contributed by atoms with van der Waals surface area (Å²) in [4.78, 5) is 33.9. The van der Waals surface area contributed by atoms with Crippen LogP contribution in [-0.4, -0.2) is 25.7 Å². The van der Waals surface area contributed by atoms with E-state index in [0.29, 0.717) is 0 Å². The lowest BCUT2D eigenvalue weighted by Gasteiger charge is -2.21. The van der Waals surface area contributed by atoms with Gasteiger partial charge in [-0.05, 0) is 31.5 Å². The molecule has 0 aromatic carbocycles. The quantitative estimate of drug-likeness (QED) is 0.527. The zero-order valence-corrected chi connectivity index (χ0v) is 14.6. The summed E-state index contributed by atoms with van der Waals surface area (Å²) in [5.74, 6) is -3.02. The van der Waals surface area contributed by atoms with Crippen molar-refractivity contribution in [3.63, 3.8) is 0 Å². The molecule has 0 amide bonds. The van der Waals surface area contributed by atoms with Crippen molar-refractivity contribution < 1.29 is 17.6 Å². The van der Waals surface area contributed by atoms with Crippen molar-refractivity contribution in [2.45, 2.75) is 25.9 Å². The molecule has 142 valence electrons. The third-order valence-corrected chi connectivity index (χ3v) is 4.34. The SMILES string of the molecule is Cc1ccnc([C@H](C)C(F)(F)F)c1-n1c(=O)[nH]c(=O)c2cc(F)c(Cl)nc21. The van der Waals surface area contributed by atoms with E-state index >= 15 is 0 Å². The number of aromatic nitrogens is 4. The van der Waals surface area contributed by atoms with Crippen LogP contribution in [0.5, 0.6) is 0 Å². The predicted octanol–water partition coefficient (Wildman–Crippen LogP) is 3.24. The van der Waals surface area contributed by atoms with Gasteiger partial charge in [0.25, 0.3) is 5.56 Å². The van der Waals surface area contributed by atoms with Gasteiger partial charge < -0.3 is 0 Å². The number of pyridine rings is 2. The zero-order chi connectivity index (χ0) is 20.1. The molecule has 0 aliphatic carbocycles. The molecule has 11 heteroatoms. The Morgan fingerprint density at radius 3 is 2.59 bits per heavy atom. The molecule has 0 bridgehead atoms. The van der Waals surface area contributed by atoms with Crippen LogP contribution in [0.4, 0.5) is 17.6 Å². The maximum absolute atomic E-state index is 13.7. The van der Waals surface area contributed by atoms with Crippen LogP contribution in [0.15, 0.2) is 27.9 Å². The fourth-order valence-corrected chi connectivity index (χ4v) is 2.79. The number of aryl methyl sites for hydroxylation is 1. The minimum atomic E-state index is -4.63. The van der Waals surface area contributed by atoms with Crippen molar-refractivity contribution in [1.82, 2.24) is 19.5 Å². The lowest BCUT2D eigenvalue weighted by molar-refractivity contribution is -0.147. The lowest BCUT2D eigenvalue weighted by atomic mass is 10.0. The number of hydrogen-bond donors (Lipinski definition) is 1. The van der Waals surface area contributed by atoms with Gasteiger partial charge >= 0.3 is 11.9 Å². The molecule has 6 nitrogen and oxygen atoms in total. The topological polar surface area (TPSA) is 80.6 Å². The Hall–Kier alpha value is -2.75. The zero-order valence-electron chi connectivity index (χ0n) is 13.9. The number of fused-ring (bicyclic) bond motifs is 1. The first-order chi connectivity index (χ1) is 12.5. The van der Waals surface area contributed by atoms with Crippen LogP contribution < -0.4 is 11.2 Å². The van der Waals surface area contributed by atoms with E-state index in [4.69, 9.17) is 11.6 Å². The van der Waals surface area contributed by atoms with Gasteiger partial charge in [0.2, 0.25) is 0 Å². The molecule has 3 aromatic rings. The van der Waals surface area contributed by atoms with Gasteiger partial charge in [0, 0.05) is 6.20 Å². The maximum atomic E-state index is 13.7. The molecule has 0 unspecified atom stereocenters. The Morgan fingerprint density at radius 1 is 1.30 bits per heavy atom. The Morgan fingerprint density at radius 2 is 1.96 bits per heavy atom. The molecule has 3 rings (SSSR count). The van der Waals surface area contributed by atoms with E-state index in [-0.39, 0.29) is 22.3 Å². The lowest BCUT2D eigenvalue weighted by Crippen LogP contribution is -2.32. The second-order valence-corrected chi connectivity index (χ2v) is 6.21. The van der Waals surface area contributed by atoms with E-state index in [1.807, 2.05) is 4.98 Å². The first-order valence-corrected chi connectivity index (χ1v) is 7.94. The van der Waals surface area contributed by atoms with Gasteiger partial charge in [-0.1, -0.05) is 11.6 Å². The highest BCUT2D eigenvalue weighted by molar-refractivity contribution is 6.29. The molecular formula is C16H11ClF4N4O2.